The van der Waals surface area contributed by atoms with Gasteiger partial charge in [-0.3, -0.25) is 0 Å². The van der Waals surface area contributed by atoms with Gasteiger partial charge in [0.1, 0.15) is 5.75 Å². The quantitative estimate of drug-likeness (QED) is 0.394. The molecule has 34 heavy (non-hydrogen) atoms. The summed E-state index contributed by atoms with van der Waals surface area (Å²) in [5.74, 6) is 0.704. The Hall–Kier alpha value is -3.53. The van der Waals surface area contributed by atoms with Crippen molar-refractivity contribution < 1.29 is 22.7 Å². The zero-order chi connectivity index (χ0) is 24.1. The van der Waals surface area contributed by atoms with Gasteiger partial charge in [0.05, 0.1) is 5.56 Å². The lowest BCUT2D eigenvalue weighted by Gasteiger charge is -2.31. The van der Waals surface area contributed by atoms with E-state index in [9.17, 15) is 18.0 Å². The molecule has 3 aromatic rings. The molecule has 0 spiro atoms. The molecule has 1 aromatic heterocycles. The standard InChI is InChI=1S/C23H21ClF3N5O2/c24-21-28-11-10-20(31-21)34-17-7-4-15(5-8-17)29-22(33)30-16-6-9-19(18(14-16)23(25,26)27)32-12-2-1-3-13-32/h4-11,14H,1-3,12-13H2,(H2,29,30,33). The SMILES string of the molecule is O=C(Nc1ccc(Oc2ccnc(Cl)n2)cc1)Nc1ccc(N2CCCCC2)c(C(F)(F)F)c1. The normalized spacial score (nSPS) is 13.9. The topological polar surface area (TPSA) is 79.4 Å². The highest BCUT2D eigenvalue weighted by atomic mass is 35.5. The molecule has 1 fully saturated rings. The van der Waals surface area contributed by atoms with Crippen LogP contribution in [0.4, 0.5) is 35.0 Å². The van der Waals surface area contributed by atoms with Crippen molar-refractivity contribution in [2.75, 3.05) is 28.6 Å². The van der Waals surface area contributed by atoms with Crippen LogP contribution in [0.5, 0.6) is 11.6 Å². The maximum absolute atomic E-state index is 13.7. The van der Waals surface area contributed by atoms with Crippen molar-refractivity contribution in [3.63, 3.8) is 0 Å². The second-order valence-electron chi connectivity index (χ2n) is 7.65. The second-order valence-corrected chi connectivity index (χ2v) is 7.98. The van der Waals surface area contributed by atoms with Crippen LogP contribution in [-0.4, -0.2) is 29.1 Å². The molecule has 0 aliphatic carbocycles. The summed E-state index contributed by atoms with van der Waals surface area (Å²) in [4.78, 5) is 21.8. The Bertz CT molecular complexity index is 1150. The van der Waals surface area contributed by atoms with Crippen LogP contribution in [0, 0.1) is 0 Å². The Kier molecular flexibility index (Phi) is 7.06. The van der Waals surface area contributed by atoms with Crippen LogP contribution in [0.3, 0.4) is 0 Å². The second kappa shape index (κ2) is 10.2. The maximum atomic E-state index is 13.7. The molecule has 0 atom stereocenters. The van der Waals surface area contributed by atoms with E-state index in [-0.39, 0.29) is 22.5 Å². The van der Waals surface area contributed by atoms with E-state index in [0.29, 0.717) is 24.5 Å². The molecule has 0 radical (unpaired) electrons. The summed E-state index contributed by atoms with van der Waals surface area (Å²) in [6.45, 7) is 1.17. The lowest BCUT2D eigenvalue weighted by atomic mass is 10.1. The molecule has 1 saturated heterocycles. The van der Waals surface area contributed by atoms with Crippen molar-refractivity contribution in [2.45, 2.75) is 25.4 Å². The van der Waals surface area contributed by atoms with Crippen LogP contribution in [0.1, 0.15) is 24.8 Å². The number of rotatable bonds is 5. The molecule has 2 N–H and O–H groups in total. The molecule has 1 aliphatic rings. The van der Waals surface area contributed by atoms with Gasteiger partial charge in [0.2, 0.25) is 11.2 Å². The molecule has 2 aromatic carbocycles. The van der Waals surface area contributed by atoms with Gasteiger partial charge in [-0.2, -0.15) is 18.2 Å². The molecular formula is C23H21ClF3N5O2. The summed E-state index contributed by atoms with van der Waals surface area (Å²) in [6, 6.07) is 11.1. The highest BCUT2D eigenvalue weighted by Crippen LogP contribution is 2.39. The van der Waals surface area contributed by atoms with Crippen LogP contribution in [-0.2, 0) is 6.18 Å². The summed E-state index contributed by atoms with van der Waals surface area (Å²) in [6.07, 6.45) is -0.356. The Morgan fingerprint density at radius 1 is 0.971 bits per heavy atom. The number of benzene rings is 2. The summed E-state index contributed by atoms with van der Waals surface area (Å²) < 4.78 is 46.7. The number of ether oxygens (including phenoxy) is 1. The van der Waals surface area contributed by atoms with E-state index in [2.05, 4.69) is 20.6 Å². The number of urea groups is 1. The van der Waals surface area contributed by atoms with Gasteiger partial charge in [0.15, 0.2) is 0 Å². The van der Waals surface area contributed by atoms with Gasteiger partial charge in [-0.1, -0.05) is 0 Å². The van der Waals surface area contributed by atoms with Gasteiger partial charge in [-0.05, 0) is 73.3 Å². The molecule has 7 nitrogen and oxygen atoms in total. The summed E-state index contributed by atoms with van der Waals surface area (Å²) in [5, 5.41) is 5.09. The average Bonchev–Trinajstić information content (AvgIpc) is 2.80. The number of piperidine rings is 1. The van der Waals surface area contributed by atoms with Gasteiger partial charge in [0.25, 0.3) is 0 Å². The number of alkyl halides is 3. The first-order chi connectivity index (χ1) is 16.3. The number of nitrogens with zero attached hydrogens (tertiary/aromatic N) is 3. The molecule has 2 amide bonds. The number of carbonyl (C=O) groups is 1. The zero-order valence-corrected chi connectivity index (χ0v) is 18.7. The molecule has 0 saturated carbocycles. The van der Waals surface area contributed by atoms with Crippen molar-refractivity contribution in [3.05, 3.63) is 65.6 Å². The third-order valence-corrected chi connectivity index (χ3v) is 5.37. The van der Waals surface area contributed by atoms with E-state index in [1.54, 1.807) is 29.2 Å². The molecule has 0 unspecified atom stereocenters. The van der Waals surface area contributed by atoms with E-state index in [4.69, 9.17) is 16.3 Å². The van der Waals surface area contributed by atoms with E-state index in [1.807, 2.05) is 0 Å². The molecule has 1 aliphatic heterocycles. The molecule has 178 valence electrons. The number of nitrogens with one attached hydrogen (secondary N) is 2. The van der Waals surface area contributed by atoms with Crippen LogP contribution >= 0.6 is 11.6 Å². The summed E-state index contributed by atoms with van der Waals surface area (Å²) >= 11 is 5.72. The van der Waals surface area contributed by atoms with Crippen LogP contribution in [0.2, 0.25) is 5.28 Å². The molecule has 11 heteroatoms. The number of carbonyl (C=O) groups excluding carboxylic acids is 1. The molecule has 0 bridgehead atoms. The molecule has 4 rings (SSSR count). The largest absolute Gasteiger partial charge is 0.439 e. The molecular weight excluding hydrogens is 471 g/mol. The minimum absolute atomic E-state index is 0.0464. The molecule has 2 heterocycles. The summed E-state index contributed by atoms with van der Waals surface area (Å²) in [7, 11) is 0. The first-order valence-corrected chi connectivity index (χ1v) is 11.0. The van der Waals surface area contributed by atoms with Crippen LogP contribution in [0.25, 0.3) is 0 Å². The van der Waals surface area contributed by atoms with Crippen molar-refractivity contribution in [3.8, 4) is 11.6 Å². The van der Waals surface area contributed by atoms with E-state index < -0.39 is 17.8 Å². The monoisotopic (exact) mass is 491 g/mol. The summed E-state index contributed by atoms with van der Waals surface area (Å²) in [5.41, 5.74) is -0.157. The number of aromatic nitrogens is 2. The third-order valence-electron chi connectivity index (χ3n) is 5.19. The van der Waals surface area contributed by atoms with Gasteiger partial charge in [-0.15, -0.1) is 0 Å². The first-order valence-electron chi connectivity index (χ1n) is 10.6. The minimum Gasteiger partial charge on any atom is -0.439 e. The fourth-order valence-electron chi connectivity index (χ4n) is 3.65. The van der Waals surface area contributed by atoms with Crippen molar-refractivity contribution >= 4 is 34.7 Å². The average molecular weight is 492 g/mol. The number of hydrogen-bond donors (Lipinski definition) is 2. The van der Waals surface area contributed by atoms with E-state index in [0.717, 1.165) is 25.3 Å². The predicted octanol–water partition coefficient (Wildman–Crippen LogP) is 6.58. The Balaban J connectivity index is 1.41. The van der Waals surface area contributed by atoms with Gasteiger partial charge in [0, 0.05) is 42.4 Å². The van der Waals surface area contributed by atoms with E-state index >= 15 is 0 Å². The van der Waals surface area contributed by atoms with Crippen LogP contribution in [0.15, 0.2) is 54.7 Å². The van der Waals surface area contributed by atoms with E-state index in [1.165, 1.54) is 24.4 Å². The highest BCUT2D eigenvalue weighted by Gasteiger charge is 2.35. The number of anilines is 3. The van der Waals surface area contributed by atoms with Crippen molar-refractivity contribution in [1.82, 2.24) is 9.97 Å². The Morgan fingerprint density at radius 3 is 2.32 bits per heavy atom. The number of hydrogen-bond acceptors (Lipinski definition) is 5. The number of amides is 2. The van der Waals surface area contributed by atoms with Crippen molar-refractivity contribution in [2.24, 2.45) is 0 Å². The van der Waals surface area contributed by atoms with Crippen molar-refractivity contribution in [1.29, 1.82) is 0 Å². The zero-order valence-electron chi connectivity index (χ0n) is 17.9. The van der Waals surface area contributed by atoms with Crippen LogP contribution < -0.4 is 20.3 Å². The van der Waals surface area contributed by atoms with Gasteiger partial charge < -0.3 is 20.3 Å². The van der Waals surface area contributed by atoms with Gasteiger partial charge in [-0.25, -0.2) is 9.78 Å². The minimum atomic E-state index is -4.54. The smallest absolute Gasteiger partial charge is 0.418 e. The van der Waals surface area contributed by atoms with Gasteiger partial charge >= 0.3 is 12.2 Å². The highest BCUT2D eigenvalue weighted by molar-refractivity contribution is 6.28. The Morgan fingerprint density at radius 2 is 1.65 bits per heavy atom. The Labute approximate surface area is 198 Å². The maximum Gasteiger partial charge on any atom is 0.418 e. The lowest BCUT2D eigenvalue weighted by molar-refractivity contribution is -0.137. The fraction of sp³-hybridized carbons (Fsp3) is 0.261. The predicted molar refractivity (Wildman–Crippen MR) is 124 cm³/mol. The third kappa shape index (κ3) is 6.07. The fourth-order valence-corrected chi connectivity index (χ4v) is 3.79. The number of halogens is 4. The lowest BCUT2D eigenvalue weighted by Crippen LogP contribution is -2.31. The first kappa shape index (κ1) is 23.6.